The summed E-state index contributed by atoms with van der Waals surface area (Å²) in [5.41, 5.74) is 16.0. The zero-order valence-corrected chi connectivity index (χ0v) is 14.9. The average Bonchev–Trinajstić information content (AvgIpc) is 2.61. The maximum absolute atomic E-state index is 11.7. The quantitative estimate of drug-likeness (QED) is 0.178. The summed E-state index contributed by atoms with van der Waals surface area (Å²) in [4.78, 5) is 37.0. The Hall–Kier alpha value is -1.75. The molecule has 0 aliphatic carbocycles. The molecule has 0 aliphatic rings. The number of carbonyl (C=O) groups is 3. The number of rotatable bonds is 15. The van der Waals surface area contributed by atoms with Crippen LogP contribution < -0.4 is 33.2 Å². The van der Waals surface area contributed by atoms with E-state index in [0.717, 1.165) is 0 Å². The van der Waals surface area contributed by atoms with Crippen LogP contribution in [0.5, 0.6) is 0 Å². The largest absolute Gasteiger partial charge is 0.355 e. The molecule has 25 heavy (non-hydrogen) atoms. The lowest BCUT2D eigenvalue weighted by atomic mass is 10.2. The molecule has 0 aromatic rings. The standard InChI is InChI=1S/C15H33N7O3/c16-4-7-19-13(23)1-10-22(11-2-14(24)20-8-5-17)12-3-15(25)21-9-6-18/h1-12,16-18H2,(H,19,23)(H,20,24)(H,21,25). The minimum atomic E-state index is -0.101. The summed E-state index contributed by atoms with van der Waals surface area (Å²) >= 11 is 0. The first-order chi connectivity index (χ1) is 12.0. The van der Waals surface area contributed by atoms with E-state index in [1.54, 1.807) is 0 Å². The van der Waals surface area contributed by atoms with Crippen LogP contribution in [0.15, 0.2) is 0 Å². The van der Waals surface area contributed by atoms with E-state index < -0.39 is 0 Å². The van der Waals surface area contributed by atoms with Crippen LogP contribution in [0.3, 0.4) is 0 Å². The van der Waals surface area contributed by atoms with Gasteiger partial charge >= 0.3 is 0 Å². The molecule has 0 heterocycles. The van der Waals surface area contributed by atoms with Crippen LogP contribution in [-0.4, -0.2) is 81.5 Å². The van der Waals surface area contributed by atoms with Crippen LogP contribution in [-0.2, 0) is 14.4 Å². The van der Waals surface area contributed by atoms with Crippen LogP contribution in [0.4, 0.5) is 0 Å². The monoisotopic (exact) mass is 359 g/mol. The second-order valence-corrected chi connectivity index (χ2v) is 5.51. The van der Waals surface area contributed by atoms with Crippen molar-refractivity contribution in [2.24, 2.45) is 17.2 Å². The molecule has 3 amide bonds. The smallest absolute Gasteiger partial charge is 0.221 e. The Kier molecular flexibility index (Phi) is 14.7. The molecule has 0 radical (unpaired) electrons. The lowest BCUT2D eigenvalue weighted by Gasteiger charge is -2.21. The number of nitrogens with one attached hydrogen (secondary N) is 3. The minimum absolute atomic E-state index is 0.101. The SMILES string of the molecule is NCCNC(=O)CCN(CCC(=O)NCCN)CCC(=O)NCCN. The summed E-state index contributed by atoms with van der Waals surface area (Å²) in [6.07, 6.45) is 0.860. The van der Waals surface area contributed by atoms with Gasteiger partial charge in [-0.05, 0) is 0 Å². The Morgan fingerprint density at radius 1 is 0.600 bits per heavy atom. The van der Waals surface area contributed by atoms with Gasteiger partial charge in [0.15, 0.2) is 0 Å². The molecule has 0 unspecified atom stereocenters. The van der Waals surface area contributed by atoms with Gasteiger partial charge in [-0.2, -0.15) is 0 Å². The van der Waals surface area contributed by atoms with Gasteiger partial charge in [0.2, 0.25) is 17.7 Å². The van der Waals surface area contributed by atoms with Gasteiger partial charge < -0.3 is 38.1 Å². The first kappa shape index (κ1) is 23.2. The van der Waals surface area contributed by atoms with Gasteiger partial charge in [0.1, 0.15) is 0 Å². The van der Waals surface area contributed by atoms with Crippen molar-refractivity contribution in [2.75, 3.05) is 58.9 Å². The summed E-state index contributed by atoms with van der Waals surface area (Å²) in [6, 6.07) is 0. The number of amides is 3. The molecule has 0 atom stereocenters. The van der Waals surface area contributed by atoms with E-state index in [9.17, 15) is 14.4 Å². The Labute approximate surface area is 149 Å². The van der Waals surface area contributed by atoms with Crippen molar-refractivity contribution >= 4 is 17.7 Å². The fourth-order valence-corrected chi connectivity index (χ4v) is 2.01. The topological polar surface area (TPSA) is 169 Å². The molecule has 0 rings (SSSR count). The Balaban J connectivity index is 4.31. The molecule has 10 heteroatoms. The zero-order valence-electron chi connectivity index (χ0n) is 14.9. The van der Waals surface area contributed by atoms with E-state index >= 15 is 0 Å². The van der Waals surface area contributed by atoms with E-state index in [1.165, 1.54) is 0 Å². The third kappa shape index (κ3) is 14.3. The molecule has 0 bridgehead atoms. The number of nitrogens with two attached hydrogens (primary N) is 3. The third-order valence-corrected chi connectivity index (χ3v) is 3.36. The third-order valence-electron chi connectivity index (χ3n) is 3.36. The van der Waals surface area contributed by atoms with E-state index in [1.807, 2.05) is 4.90 Å². The number of carbonyl (C=O) groups excluding carboxylic acids is 3. The molecule has 0 aliphatic heterocycles. The van der Waals surface area contributed by atoms with Crippen LogP contribution in [0.1, 0.15) is 19.3 Å². The first-order valence-corrected chi connectivity index (χ1v) is 8.66. The van der Waals surface area contributed by atoms with E-state index in [0.29, 0.717) is 58.9 Å². The molecule has 0 aromatic heterocycles. The van der Waals surface area contributed by atoms with Crippen molar-refractivity contribution in [3.05, 3.63) is 0 Å². The molecule has 0 spiro atoms. The molecule has 9 N–H and O–H groups in total. The Bertz CT molecular complexity index is 336. The van der Waals surface area contributed by atoms with Crippen LogP contribution in [0.2, 0.25) is 0 Å². The van der Waals surface area contributed by atoms with Crippen LogP contribution in [0.25, 0.3) is 0 Å². The normalized spacial score (nSPS) is 10.6. The van der Waals surface area contributed by atoms with E-state index in [-0.39, 0.29) is 37.0 Å². The van der Waals surface area contributed by atoms with Gasteiger partial charge in [-0.25, -0.2) is 0 Å². The summed E-state index contributed by atoms with van der Waals surface area (Å²) in [6.45, 7) is 3.85. The van der Waals surface area contributed by atoms with E-state index in [4.69, 9.17) is 17.2 Å². The van der Waals surface area contributed by atoms with Gasteiger partial charge in [-0.1, -0.05) is 0 Å². The maximum Gasteiger partial charge on any atom is 0.221 e. The van der Waals surface area contributed by atoms with E-state index in [2.05, 4.69) is 16.0 Å². The van der Waals surface area contributed by atoms with Gasteiger partial charge in [0.05, 0.1) is 0 Å². The number of nitrogens with zero attached hydrogens (tertiary/aromatic N) is 1. The predicted molar refractivity (Wildman–Crippen MR) is 96.5 cm³/mol. The number of hydrogen-bond donors (Lipinski definition) is 6. The second kappa shape index (κ2) is 15.8. The Morgan fingerprint density at radius 3 is 1.12 bits per heavy atom. The van der Waals surface area contributed by atoms with Crippen molar-refractivity contribution < 1.29 is 14.4 Å². The molecule has 0 aromatic carbocycles. The van der Waals surface area contributed by atoms with Crippen molar-refractivity contribution in [3.63, 3.8) is 0 Å². The fraction of sp³-hybridized carbons (Fsp3) is 0.800. The summed E-state index contributed by atoms with van der Waals surface area (Å²) in [5.74, 6) is -0.304. The highest BCUT2D eigenvalue weighted by Crippen LogP contribution is 1.98. The highest BCUT2D eigenvalue weighted by molar-refractivity contribution is 5.77. The molecule has 0 saturated carbocycles. The van der Waals surface area contributed by atoms with Crippen molar-refractivity contribution in [1.82, 2.24) is 20.9 Å². The lowest BCUT2D eigenvalue weighted by Crippen LogP contribution is -2.38. The zero-order chi connectivity index (χ0) is 18.9. The molecule has 0 saturated heterocycles. The molecule has 0 fully saturated rings. The predicted octanol–water partition coefficient (Wildman–Crippen LogP) is -3.32. The average molecular weight is 359 g/mol. The summed E-state index contributed by atoms with van der Waals surface area (Å²) in [5, 5.41) is 8.09. The molecule has 146 valence electrons. The minimum Gasteiger partial charge on any atom is -0.355 e. The maximum atomic E-state index is 11.7. The molecular formula is C15H33N7O3. The first-order valence-electron chi connectivity index (χ1n) is 8.66. The van der Waals surface area contributed by atoms with Crippen molar-refractivity contribution in [1.29, 1.82) is 0 Å². The number of hydrogen-bond acceptors (Lipinski definition) is 7. The summed E-state index contributed by atoms with van der Waals surface area (Å²) < 4.78 is 0. The highest BCUT2D eigenvalue weighted by Gasteiger charge is 2.12. The van der Waals surface area contributed by atoms with Gasteiger partial charge in [-0.15, -0.1) is 0 Å². The van der Waals surface area contributed by atoms with Crippen LogP contribution >= 0.6 is 0 Å². The Morgan fingerprint density at radius 2 is 0.880 bits per heavy atom. The van der Waals surface area contributed by atoms with Gasteiger partial charge in [-0.3, -0.25) is 14.4 Å². The van der Waals surface area contributed by atoms with Crippen molar-refractivity contribution in [2.45, 2.75) is 19.3 Å². The fourth-order valence-electron chi connectivity index (χ4n) is 2.01. The van der Waals surface area contributed by atoms with Gasteiger partial charge in [0, 0.05) is 78.2 Å². The summed E-state index contributed by atoms with van der Waals surface area (Å²) in [7, 11) is 0. The second-order valence-electron chi connectivity index (χ2n) is 5.51. The molecule has 10 nitrogen and oxygen atoms in total. The lowest BCUT2D eigenvalue weighted by molar-refractivity contribution is -0.121. The highest BCUT2D eigenvalue weighted by atomic mass is 16.2. The van der Waals surface area contributed by atoms with Crippen molar-refractivity contribution in [3.8, 4) is 0 Å². The van der Waals surface area contributed by atoms with Gasteiger partial charge in [0.25, 0.3) is 0 Å². The molecular weight excluding hydrogens is 326 g/mol. The van der Waals surface area contributed by atoms with Crippen LogP contribution in [0, 0.1) is 0 Å².